The molecule has 0 radical (unpaired) electrons. The standard InChI is InChI=1S/C21H18N6O2/c1-29-17-8-10-18-13(12-17)5-9-19(23-18)21(28)22-15-4-2-3-14(11-15)20-24-25-26-27(20)16-6-7-16/h2-5,8-12,16H,6-7H2,1H3,(H,22,28). The summed E-state index contributed by atoms with van der Waals surface area (Å²) in [6.07, 6.45) is 2.18. The smallest absolute Gasteiger partial charge is 0.274 e. The number of pyridine rings is 1. The summed E-state index contributed by atoms with van der Waals surface area (Å²) in [5.41, 5.74) is 2.60. The summed E-state index contributed by atoms with van der Waals surface area (Å²) in [6.45, 7) is 0. The van der Waals surface area contributed by atoms with Crippen molar-refractivity contribution >= 4 is 22.5 Å². The summed E-state index contributed by atoms with van der Waals surface area (Å²) in [4.78, 5) is 17.2. The molecule has 1 aliphatic carbocycles. The van der Waals surface area contributed by atoms with E-state index in [0.29, 0.717) is 23.2 Å². The van der Waals surface area contributed by atoms with Crippen LogP contribution in [0.3, 0.4) is 0 Å². The third-order valence-corrected chi connectivity index (χ3v) is 4.89. The minimum absolute atomic E-state index is 0.276. The van der Waals surface area contributed by atoms with Gasteiger partial charge in [0.15, 0.2) is 5.82 Å². The molecule has 1 saturated carbocycles. The highest BCUT2D eigenvalue weighted by Crippen LogP contribution is 2.36. The molecular weight excluding hydrogens is 368 g/mol. The molecule has 1 amide bonds. The van der Waals surface area contributed by atoms with Crippen LogP contribution in [-0.2, 0) is 0 Å². The molecule has 0 spiro atoms. The predicted molar refractivity (Wildman–Crippen MR) is 108 cm³/mol. The Bertz CT molecular complexity index is 1210. The lowest BCUT2D eigenvalue weighted by Gasteiger charge is -2.08. The highest BCUT2D eigenvalue weighted by molar-refractivity contribution is 6.04. The van der Waals surface area contributed by atoms with Crippen LogP contribution in [0.1, 0.15) is 29.4 Å². The lowest BCUT2D eigenvalue weighted by molar-refractivity contribution is 0.102. The zero-order valence-corrected chi connectivity index (χ0v) is 15.7. The molecule has 0 aliphatic heterocycles. The van der Waals surface area contributed by atoms with Gasteiger partial charge < -0.3 is 10.1 Å². The monoisotopic (exact) mass is 386 g/mol. The van der Waals surface area contributed by atoms with Gasteiger partial charge >= 0.3 is 0 Å². The number of rotatable bonds is 5. The first kappa shape index (κ1) is 17.3. The lowest BCUT2D eigenvalue weighted by Crippen LogP contribution is -2.13. The van der Waals surface area contributed by atoms with E-state index in [2.05, 4.69) is 25.8 Å². The van der Waals surface area contributed by atoms with Gasteiger partial charge in [-0.1, -0.05) is 18.2 Å². The number of hydrogen-bond acceptors (Lipinski definition) is 6. The second-order valence-corrected chi connectivity index (χ2v) is 6.97. The second kappa shape index (κ2) is 6.97. The Morgan fingerprint density at radius 3 is 2.86 bits per heavy atom. The fourth-order valence-corrected chi connectivity index (χ4v) is 3.24. The molecule has 0 atom stereocenters. The molecule has 1 fully saturated rings. The minimum atomic E-state index is -0.276. The van der Waals surface area contributed by atoms with E-state index in [1.165, 1.54) is 0 Å². The molecule has 4 aromatic rings. The van der Waals surface area contributed by atoms with Crippen LogP contribution < -0.4 is 10.1 Å². The zero-order valence-electron chi connectivity index (χ0n) is 15.7. The van der Waals surface area contributed by atoms with Crippen molar-refractivity contribution in [3.05, 3.63) is 60.3 Å². The van der Waals surface area contributed by atoms with E-state index in [9.17, 15) is 4.79 Å². The number of methoxy groups -OCH3 is 1. The predicted octanol–water partition coefficient (Wildman–Crippen LogP) is 3.48. The van der Waals surface area contributed by atoms with Crippen LogP contribution in [-0.4, -0.2) is 38.2 Å². The average Bonchev–Trinajstić information content (AvgIpc) is 3.49. The van der Waals surface area contributed by atoms with E-state index in [4.69, 9.17) is 4.74 Å². The van der Waals surface area contributed by atoms with Gasteiger partial charge in [0.25, 0.3) is 5.91 Å². The average molecular weight is 386 g/mol. The molecular formula is C21H18N6O2. The molecule has 29 heavy (non-hydrogen) atoms. The Hall–Kier alpha value is -3.81. The van der Waals surface area contributed by atoms with E-state index < -0.39 is 0 Å². The maximum atomic E-state index is 12.7. The lowest BCUT2D eigenvalue weighted by atomic mass is 10.1. The number of benzene rings is 2. The number of carbonyl (C=O) groups excluding carboxylic acids is 1. The van der Waals surface area contributed by atoms with E-state index in [1.54, 1.807) is 13.2 Å². The number of fused-ring (bicyclic) bond motifs is 1. The van der Waals surface area contributed by atoms with Gasteiger partial charge in [0.05, 0.1) is 18.7 Å². The summed E-state index contributed by atoms with van der Waals surface area (Å²) in [7, 11) is 1.62. The summed E-state index contributed by atoms with van der Waals surface area (Å²) in [5, 5.41) is 15.8. The van der Waals surface area contributed by atoms with Gasteiger partial charge in [-0.2, -0.15) is 0 Å². The van der Waals surface area contributed by atoms with Crippen molar-refractivity contribution in [1.82, 2.24) is 25.2 Å². The van der Waals surface area contributed by atoms with E-state index >= 15 is 0 Å². The van der Waals surface area contributed by atoms with Crippen LogP contribution in [0.4, 0.5) is 5.69 Å². The zero-order chi connectivity index (χ0) is 19.8. The molecule has 0 saturated heterocycles. The van der Waals surface area contributed by atoms with Crippen molar-refractivity contribution in [3.8, 4) is 17.1 Å². The van der Waals surface area contributed by atoms with Crippen LogP contribution in [0, 0.1) is 0 Å². The molecule has 144 valence electrons. The molecule has 0 unspecified atom stereocenters. The second-order valence-electron chi connectivity index (χ2n) is 6.97. The number of hydrogen-bond donors (Lipinski definition) is 1. The Morgan fingerprint density at radius 1 is 1.14 bits per heavy atom. The molecule has 8 heteroatoms. The Morgan fingerprint density at radius 2 is 2.03 bits per heavy atom. The SMILES string of the molecule is COc1ccc2nc(C(=O)Nc3cccc(-c4nnnn4C4CC4)c3)ccc2c1. The van der Waals surface area contributed by atoms with E-state index in [1.807, 2.05) is 53.2 Å². The highest BCUT2D eigenvalue weighted by atomic mass is 16.5. The fourth-order valence-electron chi connectivity index (χ4n) is 3.24. The van der Waals surface area contributed by atoms with Crippen LogP contribution in [0.2, 0.25) is 0 Å². The fraction of sp³-hybridized carbons (Fsp3) is 0.190. The van der Waals surface area contributed by atoms with Gasteiger partial charge in [-0.25, -0.2) is 9.67 Å². The summed E-state index contributed by atoms with van der Waals surface area (Å²) in [5.74, 6) is 1.19. The Labute approximate surface area is 166 Å². The Balaban J connectivity index is 1.39. The van der Waals surface area contributed by atoms with Crippen molar-refractivity contribution in [2.45, 2.75) is 18.9 Å². The first-order valence-corrected chi connectivity index (χ1v) is 9.36. The van der Waals surface area contributed by atoms with E-state index in [0.717, 1.165) is 35.1 Å². The van der Waals surface area contributed by atoms with Crippen molar-refractivity contribution in [2.75, 3.05) is 12.4 Å². The van der Waals surface area contributed by atoms with Gasteiger partial charge in [0.1, 0.15) is 11.4 Å². The number of amides is 1. The molecule has 2 aromatic carbocycles. The molecule has 2 aromatic heterocycles. The first-order valence-electron chi connectivity index (χ1n) is 9.36. The largest absolute Gasteiger partial charge is 0.497 e. The molecule has 1 aliphatic rings. The Kier molecular flexibility index (Phi) is 4.16. The topological polar surface area (TPSA) is 94.8 Å². The number of nitrogens with zero attached hydrogens (tertiary/aromatic N) is 5. The summed E-state index contributed by atoms with van der Waals surface area (Å²) in [6, 6.07) is 17.0. The minimum Gasteiger partial charge on any atom is -0.497 e. The van der Waals surface area contributed by atoms with Crippen LogP contribution in [0.5, 0.6) is 5.75 Å². The van der Waals surface area contributed by atoms with Gasteiger partial charge in [-0.05, 0) is 59.7 Å². The van der Waals surface area contributed by atoms with Crippen LogP contribution in [0.25, 0.3) is 22.3 Å². The molecule has 2 heterocycles. The number of nitrogens with one attached hydrogen (secondary N) is 1. The summed E-state index contributed by atoms with van der Waals surface area (Å²) >= 11 is 0. The third kappa shape index (κ3) is 3.40. The van der Waals surface area contributed by atoms with Crippen molar-refractivity contribution < 1.29 is 9.53 Å². The van der Waals surface area contributed by atoms with Crippen molar-refractivity contribution in [3.63, 3.8) is 0 Å². The van der Waals surface area contributed by atoms with E-state index in [-0.39, 0.29) is 5.91 Å². The maximum Gasteiger partial charge on any atom is 0.274 e. The highest BCUT2D eigenvalue weighted by Gasteiger charge is 2.28. The third-order valence-electron chi connectivity index (χ3n) is 4.89. The van der Waals surface area contributed by atoms with Crippen molar-refractivity contribution in [2.24, 2.45) is 0 Å². The van der Waals surface area contributed by atoms with Crippen LogP contribution in [0.15, 0.2) is 54.6 Å². The first-order chi connectivity index (χ1) is 14.2. The number of aromatic nitrogens is 5. The molecule has 0 bridgehead atoms. The summed E-state index contributed by atoms with van der Waals surface area (Å²) < 4.78 is 7.07. The molecule has 1 N–H and O–H groups in total. The van der Waals surface area contributed by atoms with Crippen LogP contribution >= 0.6 is 0 Å². The normalized spacial score (nSPS) is 13.4. The maximum absolute atomic E-state index is 12.7. The van der Waals surface area contributed by atoms with Gasteiger partial charge in [-0.3, -0.25) is 4.79 Å². The molecule has 8 nitrogen and oxygen atoms in total. The van der Waals surface area contributed by atoms with Gasteiger partial charge in [-0.15, -0.1) is 5.10 Å². The number of tetrazole rings is 1. The molecule has 5 rings (SSSR count). The van der Waals surface area contributed by atoms with Crippen molar-refractivity contribution in [1.29, 1.82) is 0 Å². The van der Waals surface area contributed by atoms with Gasteiger partial charge in [0.2, 0.25) is 0 Å². The quantitative estimate of drug-likeness (QED) is 0.564. The number of anilines is 1. The number of carbonyl (C=O) groups is 1. The number of ether oxygens (including phenoxy) is 1. The van der Waals surface area contributed by atoms with Gasteiger partial charge in [0, 0.05) is 16.6 Å².